The van der Waals surface area contributed by atoms with E-state index in [0.29, 0.717) is 19.2 Å². The van der Waals surface area contributed by atoms with Gasteiger partial charge in [0.25, 0.3) is 14.4 Å². The molecule has 0 amide bonds. The second-order valence-corrected chi connectivity index (χ2v) is 12.9. The molecule has 0 radical (unpaired) electrons. The molecule has 0 aromatic carbocycles. The number of hydrogen-bond acceptors (Lipinski definition) is 6. The average molecular weight is 473 g/mol. The summed E-state index contributed by atoms with van der Waals surface area (Å²) in [7, 11) is -0.936. The molecule has 0 fully saturated rings. The van der Waals surface area contributed by atoms with Crippen LogP contribution in [0.4, 0.5) is 0 Å². The molecule has 1 aliphatic rings. The number of hydrogen-bond donors (Lipinski definition) is 2. The minimum atomic E-state index is -2.70. The van der Waals surface area contributed by atoms with E-state index in [9.17, 15) is 4.57 Å². The number of nitrogens with one attached hydrogen (secondary N) is 1. The molecule has 8 nitrogen and oxygen atoms in total. The van der Waals surface area contributed by atoms with Crippen LogP contribution in [0, 0.1) is 0 Å². The molecule has 160 valence electrons. The number of aliphatic hydroxyl groups is 1. The Morgan fingerprint density at radius 3 is 2.64 bits per heavy atom. The maximum absolute atomic E-state index is 10.1. The zero-order valence-corrected chi connectivity index (χ0v) is 19.8. The first kappa shape index (κ1) is 25.6. The molecule has 0 saturated heterocycles. The van der Waals surface area contributed by atoms with Gasteiger partial charge in [0.05, 0.1) is 18.8 Å². The lowest BCUT2D eigenvalue weighted by molar-refractivity contribution is 0.176. The predicted octanol–water partition coefficient (Wildman–Crippen LogP) is 4.97. The number of nitrogens with zero attached hydrogens (tertiary/aromatic N) is 3. The van der Waals surface area contributed by atoms with Gasteiger partial charge in [0.15, 0.2) is 0 Å². The lowest BCUT2D eigenvalue weighted by Gasteiger charge is -2.27. The van der Waals surface area contributed by atoms with E-state index in [0.717, 1.165) is 18.1 Å². The molecule has 12 heteroatoms. The van der Waals surface area contributed by atoms with Crippen LogP contribution < -0.4 is 0 Å². The molecular weight excluding hydrogens is 445 g/mol. The van der Waals surface area contributed by atoms with E-state index in [-0.39, 0.29) is 12.2 Å². The molecule has 2 N–H and O–H groups in total. The number of aromatic amines is 1. The maximum atomic E-state index is 10.1. The lowest BCUT2D eigenvalue weighted by Crippen LogP contribution is -2.20. The largest absolute Gasteiger partial charge is 0.393 e. The van der Waals surface area contributed by atoms with Crippen molar-refractivity contribution in [1.29, 1.82) is 0 Å². The van der Waals surface area contributed by atoms with Crippen LogP contribution in [-0.2, 0) is 26.5 Å². The first-order chi connectivity index (χ1) is 13.2. The Hall–Kier alpha value is -0.460. The Morgan fingerprint density at radius 2 is 2.14 bits per heavy atom. The van der Waals surface area contributed by atoms with E-state index in [1.165, 1.54) is 0 Å². The molecule has 3 rings (SSSR count). The van der Waals surface area contributed by atoms with E-state index < -0.39 is 14.4 Å². The SMILES string of the molecule is CCOP1O[C@@H](C)Cc2nccn21.CCP(=O)(Cl)Cl.C[C@H](O)Cc1ncc[nH]1. The summed E-state index contributed by atoms with van der Waals surface area (Å²) >= 11 is 10.1. The van der Waals surface area contributed by atoms with Crippen LogP contribution in [0.5, 0.6) is 0 Å². The van der Waals surface area contributed by atoms with Crippen molar-refractivity contribution in [3.05, 3.63) is 36.4 Å². The first-order valence-electron chi connectivity index (χ1n) is 8.93. The number of aliphatic hydroxyl groups excluding tert-OH is 1. The third-order valence-corrected chi connectivity index (χ3v) is 7.17. The number of halogens is 2. The van der Waals surface area contributed by atoms with Crippen molar-refractivity contribution in [3.8, 4) is 0 Å². The minimum absolute atomic E-state index is 0.215. The van der Waals surface area contributed by atoms with Crippen LogP contribution in [0.3, 0.4) is 0 Å². The number of H-pyrrole nitrogens is 1. The van der Waals surface area contributed by atoms with Gasteiger partial charge in [0, 0.05) is 43.8 Å². The van der Waals surface area contributed by atoms with Crippen molar-refractivity contribution in [1.82, 2.24) is 19.3 Å². The highest BCUT2D eigenvalue weighted by Gasteiger charge is 2.26. The normalized spacial score (nSPS) is 19.5. The first-order valence-corrected chi connectivity index (χ1v) is 13.8. The van der Waals surface area contributed by atoms with Crippen LogP contribution in [0.15, 0.2) is 24.8 Å². The van der Waals surface area contributed by atoms with Gasteiger partial charge in [-0.05, 0) is 43.3 Å². The lowest BCUT2D eigenvalue weighted by atomic mass is 10.3. The van der Waals surface area contributed by atoms with Crippen molar-refractivity contribution < 1.29 is 18.7 Å². The average Bonchev–Trinajstić information content (AvgIpc) is 3.26. The monoisotopic (exact) mass is 472 g/mol. The zero-order valence-electron chi connectivity index (χ0n) is 16.5. The quantitative estimate of drug-likeness (QED) is 0.595. The zero-order chi connectivity index (χ0) is 21.2. The molecule has 0 saturated carbocycles. The van der Waals surface area contributed by atoms with Gasteiger partial charge in [-0.1, -0.05) is 6.92 Å². The third-order valence-electron chi connectivity index (χ3n) is 3.26. The van der Waals surface area contributed by atoms with Gasteiger partial charge in [-0.3, -0.25) is 8.90 Å². The van der Waals surface area contributed by atoms with Gasteiger partial charge < -0.3 is 19.1 Å². The number of imidazole rings is 2. The Labute approximate surface area is 176 Å². The van der Waals surface area contributed by atoms with Crippen molar-refractivity contribution in [2.24, 2.45) is 0 Å². The second kappa shape index (κ2) is 13.0. The minimum Gasteiger partial charge on any atom is -0.393 e. The fourth-order valence-corrected chi connectivity index (χ4v) is 3.39. The van der Waals surface area contributed by atoms with E-state index in [1.54, 1.807) is 32.4 Å². The molecule has 3 atom stereocenters. The number of aromatic nitrogens is 4. The van der Waals surface area contributed by atoms with Crippen molar-refractivity contribution in [2.75, 3.05) is 12.8 Å². The van der Waals surface area contributed by atoms with Gasteiger partial charge in [-0.2, -0.15) is 0 Å². The summed E-state index contributed by atoms with van der Waals surface area (Å²) in [5, 5.41) is 8.86. The molecule has 1 unspecified atom stereocenters. The fraction of sp³-hybridized carbons (Fsp3) is 0.625. The second-order valence-electron chi connectivity index (χ2n) is 5.94. The Kier molecular flexibility index (Phi) is 11.8. The summed E-state index contributed by atoms with van der Waals surface area (Å²) < 4.78 is 23.3. The van der Waals surface area contributed by atoms with E-state index in [2.05, 4.69) is 15.0 Å². The van der Waals surface area contributed by atoms with Crippen molar-refractivity contribution in [3.63, 3.8) is 0 Å². The molecule has 28 heavy (non-hydrogen) atoms. The number of fused-ring (bicyclic) bond motifs is 1. The maximum Gasteiger partial charge on any atom is 0.295 e. The Morgan fingerprint density at radius 1 is 1.46 bits per heavy atom. The molecule has 1 aliphatic heterocycles. The van der Waals surface area contributed by atoms with Crippen LogP contribution in [0.2, 0.25) is 0 Å². The molecule has 3 heterocycles. The summed E-state index contributed by atoms with van der Waals surface area (Å²) in [5.41, 5.74) is 0. The van der Waals surface area contributed by atoms with E-state index in [4.69, 9.17) is 36.6 Å². The molecular formula is C16H28Cl2N4O4P2. The molecule has 0 spiro atoms. The Balaban J connectivity index is 0.000000229. The smallest absolute Gasteiger partial charge is 0.295 e. The summed E-state index contributed by atoms with van der Waals surface area (Å²) in [6, 6.07) is 0. The van der Waals surface area contributed by atoms with Crippen LogP contribution in [0.1, 0.15) is 39.3 Å². The Bertz CT molecular complexity index is 709. The van der Waals surface area contributed by atoms with Crippen LogP contribution >= 0.6 is 36.9 Å². The summed E-state index contributed by atoms with van der Waals surface area (Å²) in [6.45, 7) is 8.12. The topological polar surface area (TPSA) is 102 Å². The summed E-state index contributed by atoms with van der Waals surface area (Å²) in [4.78, 5) is 11.1. The predicted molar refractivity (Wildman–Crippen MR) is 114 cm³/mol. The molecule has 2 aromatic rings. The fourth-order valence-electron chi connectivity index (χ4n) is 2.01. The van der Waals surface area contributed by atoms with Gasteiger partial charge in [0.2, 0.25) is 0 Å². The number of rotatable bonds is 5. The summed E-state index contributed by atoms with van der Waals surface area (Å²) in [6.07, 6.45) is 8.88. The highest BCUT2D eigenvalue weighted by atomic mass is 35.9. The van der Waals surface area contributed by atoms with Gasteiger partial charge in [-0.25, -0.2) is 9.97 Å². The standard InChI is InChI=1S/C8H13N2O2P.C6H10N2O.C2H5Cl2OP/c1-3-11-13-10-5-4-9-8(10)6-7(2)12-13;1-5(9)4-6-7-2-3-8-6;1-2-6(3,4)5/h4-5,7H,3,6H2,1-2H3;2-3,5,9H,4H2,1H3,(H,7,8);2H2,1H3/t7-,13?;5-;/m00./s1. The van der Waals surface area contributed by atoms with E-state index in [1.807, 2.05) is 24.4 Å². The summed E-state index contributed by atoms with van der Waals surface area (Å²) in [5.74, 6) is -0.796. The van der Waals surface area contributed by atoms with Gasteiger partial charge in [0.1, 0.15) is 11.6 Å². The van der Waals surface area contributed by atoms with Crippen molar-refractivity contribution >= 4 is 36.9 Å². The molecule has 2 aromatic heterocycles. The third kappa shape index (κ3) is 10.4. The van der Waals surface area contributed by atoms with Gasteiger partial charge in [-0.15, -0.1) is 0 Å². The van der Waals surface area contributed by atoms with Crippen LogP contribution in [0.25, 0.3) is 0 Å². The highest BCUT2D eigenvalue weighted by molar-refractivity contribution is 8.08. The van der Waals surface area contributed by atoms with Crippen molar-refractivity contribution in [2.45, 2.75) is 52.7 Å². The molecule has 0 bridgehead atoms. The van der Waals surface area contributed by atoms with Gasteiger partial charge >= 0.3 is 0 Å². The molecule has 0 aliphatic carbocycles. The van der Waals surface area contributed by atoms with Crippen LogP contribution in [-0.4, -0.2) is 49.4 Å². The highest BCUT2D eigenvalue weighted by Crippen LogP contribution is 2.55. The van der Waals surface area contributed by atoms with E-state index >= 15 is 0 Å².